The van der Waals surface area contributed by atoms with Crippen LogP contribution in [-0.4, -0.2) is 78.5 Å². The maximum Gasteiger partial charge on any atom is 0.236 e. The lowest BCUT2D eigenvalue weighted by Crippen LogP contribution is -2.50. The standard InChI is InChI=1S/C22H30N4O3/c1-28-19-7-5-18(6-8-19)20-15-23-21(29-20)16-24-11-13-25(14-12-24)17-22(27)26-9-3-2-4-10-26/h5-8,15H,2-4,9-14,16-17H2,1H3. The van der Waals surface area contributed by atoms with Gasteiger partial charge in [0.05, 0.1) is 26.4 Å². The van der Waals surface area contributed by atoms with Gasteiger partial charge in [0.2, 0.25) is 11.8 Å². The Morgan fingerprint density at radius 1 is 1.00 bits per heavy atom. The quantitative estimate of drug-likeness (QED) is 0.745. The highest BCUT2D eigenvalue weighted by molar-refractivity contribution is 5.78. The van der Waals surface area contributed by atoms with Gasteiger partial charge < -0.3 is 14.1 Å². The van der Waals surface area contributed by atoms with E-state index in [4.69, 9.17) is 9.15 Å². The van der Waals surface area contributed by atoms with Gasteiger partial charge in [0.1, 0.15) is 5.75 Å². The van der Waals surface area contributed by atoms with Crippen LogP contribution in [0.1, 0.15) is 25.2 Å². The molecule has 0 spiro atoms. The number of benzene rings is 1. The van der Waals surface area contributed by atoms with Crippen molar-refractivity contribution >= 4 is 5.91 Å². The van der Waals surface area contributed by atoms with Crippen LogP contribution in [0.5, 0.6) is 5.75 Å². The molecule has 1 amide bonds. The number of nitrogens with zero attached hydrogens (tertiary/aromatic N) is 4. The smallest absolute Gasteiger partial charge is 0.236 e. The van der Waals surface area contributed by atoms with E-state index in [1.165, 1.54) is 6.42 Å². The van der Waals surface area contributed by atoms with E-state index in [0.717, 1.165) is 75.1 Å². The van der Waals surface area contributed by atoms with Gasteiger partial charge >= 0.3 is 0 Å². The summed E-state index contributed by atoms with van der Waals surface area (Å²) in [6.07, 6.45) is 5.33. The molecular weight excluding hydrogens is 368 g/mol. The average Bonchev–Trinajstić information content (AvgIpc) is 3.24. The minimum atomic E-state index is 0.287. The van der Waals surface area contributed by atoms with Gasteiger partial charge in [-0.3, -0.25) is 14.6 Å². The summed E-state index contributed by atoms with van der Waals surface area (Å²) >= 11 is 0. The van der Waals surface area contributed by atoms with Gasteiger partial charge in [0, 0.05) is 44.8 Å². The van der Waals surface area contributed by atoms with Crippen LogP contribution in [0.4, 0.5) is 0 Å². The van der Waals surface area contributed by atoms with Crippen molar-refractivity contribution < 1.29 is 13.9 Å². The molecule has 2 fully saturated rings. The fourth-order valence-electron chi connectivity index (χ4n) is 4.00. The second kappa shape index (κ2) is 9.41. The first kappa shape index (κ1) is 19.9. The van der Waals surface area contributed by atoms with Crippen LogP contribution in [0.25, 0.3) is 11.3 Å². The van der Waals surface area contributed by atoms with Crippen LogP contribution < -0.4 is 4.74 Å². The molecule has 0 aliphatic carbocycles. The highest BCUT2D eigenvalue weighted by Gasteiger charge is 2.23. The second-order valence-electron chi connectivity index (χ2n) is 7.84. The number of carbonyl (C=O) groups is 1. The molecule has 0 radical (unpaired) electrons. The van der Waals surface area contributed by atoms with Crippen LogP contribution in [0.3, 0.4) is 0 Å². The number of hydrogen-bond acceptors (Lipinski definition) is 6. The molecule has 3 heterocycles. The van der Waals surface area contributed by atoms with Gasteiger partial charge in [-0.25, -0.2) is 4.98 Å². The molecular formula is C22H30N4O3. The molecule has 2 aromatic rings. The van der Waals surface area contributed by atoms with Crippen molar-refractivity contribution in [1.29, 1.82) is 0 Å². The first-order valence-corrected chi connectivity index (χ1v) is 10.5. The number of ether oxygens (including phenoxy) is 1. The minimum absolute atomic E-state index is 0.287. The lowest BCUT2D eigenvalue weighted by Gasteiger charge is -2.35. The molecule has 0 unspecified atom stereocenters. The van der Waals surface area contributed by atoms with Crippen LogP contribution in [-0.2, 0) is 11.3 Å². The van der Waals surface area contributed by atoms with Crippen molar-refractivity contribution in [2.24, 2.45) is 0 Å². The Bertz CT molecular complexity index is 791. The lowest BCUT2D eigenvalue weighted by atomic mass is 10.1. The molecule has 0 N–H and O–H groups in total. The number of oxazole rings is 1. The number of methoxy groups -OCH3 is 1. The maximum absolute atomic E-state index is 12.5. The number of carbonyl (C=O) groups excluding carboxylic acids is 1. The average molecular weight is 399 g/mol. The molecule has 0 bridgehead atoms. The first-order valence-electron chi connectivity index (χ1n) is 10.5. The minimum Gasteiger partial charge on any atom is -0.497 e. The highest BCUT2D eigenvalue weighted by atomic mass is 16.5. The van der Waals surface area contributed by atoms with Crippen molar-refractivity contribution in [3.05, 3.63) is 36.4 Å². The summed E-state index contributed by atoms with van der Waals surface area (Å²) < 4.78 is 11.1. The number of amides is 1. The molecule has 2 aliphatic heterocycles. The van der Waals surface area contributed by atoms with E-state index in [1.54, 1.807) is 13.3 Å². The Morgan fingerprint density at radius 3 is 2.38 bits per heavy atom. The molecule has 29 heavy (non-hydrogen) atoms. The largest absolute Gasteiger partial charge is 0.497 e. The van der Waals surface area contributed by atoms with E-state index in [2.05, 4.69) is 14.8 Å². The van der Waals surface area contributed by atoms with E-state index in [1.807, 2.05) is 29.2 Å². The Balaban J connectivity index is 1.24. The van der Waals surface area contributed by atoms with Crippen molar-refractivity contribution in [2.45, 2.75) is 25.8 Å². The van der Waals surface area contributed by atoms with Crippen LogP contribution in [0.15, 0.2) is 34.9 Å². The van der Waals surface area contributed by atoms with E-state index in [9.17, 15) is 4.79 Å². The lowest BCUT2D eigenvalue weighted by molar-refractivity contribution is -0.133. The Morgan fingerprint density at radius 2 is 1.69 bits per heavy atom. The zero-order chi connectivity index (χ0) is 20.1. The number of piperazine rings is 1. The van der Waals surface area contributed by atoms with Gasteiger partial charge in [0.25, 0.3) is 0 Å². The molecule has 0 atom stereocenters. The Labute approximate surface area is 172 Å². The molecule has 156 valence electrons. The van der Waals surface area contributed by atoms with Gasteiger partial charge in [-0.1, -0.05) is 0 Å². The highest BCUT2D eigenvalue weighted by Crippen LogP contribution is 2.23. The zero-order valence-corrected chi connectivity index (χ0v) is 17.2. The second-order valence-corrected chi connectivity index (χ2v) is 7.84. The topological polar surface area (TPSA) is 62.1 Å². The maximum atomic E-state index is 12.5. The van der Waals surface area contributed by atoms with E-state index in [0.29, 0.717) is 13.1 Å². The number of likely N-dealkylation sites (tertiary alicyclic amines) is 1. The molecule has 4 rings (SSSR count). The third-order valence-corrected chi connectivity index (χ3v) is 5.82. The van der Waals surface area contributed by atoms with Crippen LogP contribution >= 0.6 is 0 Å². The SMILES string of the molecule is COc1ccc(-c2cnc(CN3CCN(CC(=O)N4CCCCC4)CC3)o2)cc1. The van der Waals surface area contributed by atoms with Gasteiger partial charge in [-0.15, -0.1) is 0 Å². The number of hydrogen-bond donors (Lipinski definition) is 0. The summed E-state index contributed by atoms with van der Waals surface area (Å²) in [4.78, 5) is 23.5. The summed E-state index contributed by atoms with van der Waals surface area (Å²) in [5.74, 6) is 2.61. The van der Waals surface area contributed by atoms with Crippen molar-refractivity contribution in [3.8, 4) is 17.1 Å². The van der Waals surface area contributed by atoms with Crippen molar-refractivity contribution in [2.75, 3.05) is 52.9 Å². The normalized spacial score (nSPS) is 18.7. The number of aromatic nitrogens is 1. The van der Waals surface area contributed by atoms with E-state index in [-0.39, 0.29) is 5.91 Å². The summed E-state index contributed by atoms with van der Waals surface area (Å²) in [7, 11) is 1.66. The van der Waals surface area contributed by atoms with Gasteiger partial charge in [-0.2, -0.15) is 0 Å². The fraction of sp³-hybridized carbons (Fsp3) is 0.545. The van der Waals surface area contributed by atoms with Crippen molar-refractivity contribution in [3.63, 3.8) is 0 Å². The summed E-state index contributed by atoms with van der Waals surface area (Å²) in [6, 6.07) is 7.78. The van der Waals surface area contributed by atoms with Gasteiger partial charge in [-0.05, 0) is 43.5 Å². The van der Waals surface area contributed by atoms with E-state index < -0.39 is 0 Å². The van der Waals surface area contributed by atoms with Crippen LogP contribution in [0, 0.1) is 0 Å². The molecule has 0 saturated carbocycles. The molecule has 1 aromatic heterocycles. The summed E-state index contributed by atoms with van der Waals surface area (Å²) in [6.45, 7) is 6.77. The zero-order valence-electron chi connectivity index (χ0n) is 17.2. The summed E-state index contributed by atoms with van der Waals surface area (Å²) in [5, 5.41) is 0. The predicted octanol–water partition coefficient (Wildman–Crippen LogP) is 2.48. The number of piperidine rings is 1. The predicted molar refractivity (Wildman–Crippen MR) is 111 cm³/mol. The van der Waals surface area contributed by atoms with Crippen LogP contribution in [0.2, 0.25) is 0 Å². The third-order valence-electron chi connectivity index (χ3n) is 5.82. The van der Waals surface area contributed by atoms with Crippen molar-refractivity contribution in [1.82, 2.24) is 19.7 Å². The summed E-state index contributed by atoms with van der Waals surface area (Å²) in [5.41, 5.74) is 0.991. The molecule has 7 nitrogen and oxygen atoms in total. The Hall–Kier alpha value is -2.38. The molecule has 2 aliphatic rings. The Kier molecular flexibility index (Phi) is 6.46. The van der Waals surface area contributed by atoms with Gasteiger partial charge in [0.15, 0.2) is 5.76 Å². The third kappa shape index (κ3) is 5.16. The fourth-order valence-corrected chi connectivity index (χ4v) is 4.00. The molecule has 7 heteroatoms. The molecule has 2 saturated heterocycles. The monoisotopic (exact) mass is 398 g/mol. The molecule has 1 aromatic carbocycles. The number of rotatable bonds is 6. The first-order chi connectivity index (χ1) is 14.2. The van der Waals surface area contributed by atoms with E-state index >= 15 is 0 Å².